The molecule has 1 aliphatic heterocycles. The summed E-state index contributed by atoms with van der Waals surface area (Å²) in [5.74, 6) is -1.61. The second-order valence-electron chi connectivity index (χ2n) is 5.16. The molecule has 1 fully saturated rings. The van der Waals surface area contributed by atoms with Crippen molar-refractivity contribution in [2.24, 2.45) is 11.8 Å². The lowest BCUT2D eigenvalue weighted by Gasteiger charge is -2.24. The quantitative estimate of drug-likeness (QED) is 0.764. The van der Waals surface area contributed by atoms with Crippen LogP contribution in [0.4, 0.5) is 8.78 Å². The Hall–Kier alpha value is -0.700. The molecule has 3 atom stereocenters. The fraction of sp³-hybridized carbons (Fsp3) is 0.692. The summed E-state index contributed by atoms with van der Waals surface area (Å²) < 4.78 is 26.1. The SMILES string of the molecule is CC1CNC(C2C=CC(C(C)(F)F)=CC2)C1. The number of rotatable bonds is 2. The van der Waals surface area contributed by atoms with Crippen LogP contribution in [-0.4, -0.2) is 18.5 Å². The summed E-state index contributed by atoms with van der Waals surface area (Å²) in [7, 11) is 0. The maximum Gasteiger partial charge on any atom is 0.270 e. The van der Waals surface area contributed by atoms with Crippen molar-refractivity contribution in [3.05, 3.63) is 23.8 Å². The van der Waals surface area contributed by atoms with Crippen LogP contribution in [0.15, 0.2) is 23.8 Å². The molecule has 16 heavy (non-hydrogen) atoms. The van der Waals surface area contributed by atoms with Gasteiger partial charge in [-0.15, -0.1) is 0 Å². The van der Waals surface area contributed by atoms with Gasteiger partial charge in [-0.2, -0.15) is 0 Å². The molecule has 2 aliphatic rings. The van der Waals surface area contributed by atoms with Crippen LogP contribution in [0, 0.1) is 11.8 Å². The minimum absolute atomic E-state index is 0.162. The molecule has 2 rings (SSSR count). The van der Waals surface area contributed by atoms with Gasteiger partial charge >= 0.3 is 0 Å². The predicted octanol–water partition coefficient (Wildman–Crippen LogP) is 3.14. The lowest BCUT2D eigenvalue weighted by Crippen LogP contribution is -2.30. The zero-order valence-corrected chi connectivity index (χ0v) is 9.84. The second kappa shape index (κ2) is 4.28. The van der Waals surface area contributed by atoms with Crippen LogP contribution >= 0.6 is 0 Å². The first-order valence-corrected chi connectivity index (χ1v) is 5.97. The molecule has 0 aromatic carbocycles. The number of halogens is 2. The summed E-state index contributed by atoms with van der Waals surface area (Å²) in [6.07, 6.45) is 7.12. The molecule has 3 unspecified atom stereocenters. The van der Waals surface area contributed by atoms with E-state index in [2.05, 4.69) is 12.2 Å². The van der Waals surface area contributed by atoms with Crippen LogP contribution in [-0.2, 0) is 0 Å². The van der Waals surface area contributed by atoms with Crippen molar-refractivity contribution in [3.63, 3.8) is 0 Å². The molecule has 1 heterocycles. The van der Waals surface area contributed by atoms with Crippen LogP contribution in [0.25, 0.3) is 0 Å². The van der Waals surface area contributed by atoms with Crippen molar-refractivity contribution in [1.29, 1.82) is 0 Å². The minimum atomic E-state index is -2.70. The maximum atomic E-state index is 13.0. The first-order valence-electron chi connectivity index (χ1n) is 5.97. The number of alkyl halides is 2. The molecule has 0 aromatic heterocycles. The smallest absolute Gasteiger partial charge is 0.270 e. The van der Waals surface area contributed by atoms with Crippen LogP contribution in [0.1, 0.15) is 26.7 Å². The lowest BCUT2D eigenvalue weighted by molar-refractivity contribution is 0.0665. The summed E-state index contributed by atoms with van der Waals surface area (Å²) in [5.41, 5.74) is 0.162. The lowest BCUT2D eigenvalue weighted by atomic mass is 9.87. The highest BCUT2D eigenvalue weighted by atomic mass is 19.3. The molecule has 0 amide bonds. The van der Waals surface area contributed by atoms with Gasteiger partial charge in [0, 0.05) is 18.5 Å². The Morgan fingerprint density at radius 2 is 2.19 bits per heavy atom. The van der Waals surface area contributed by atoms with Gasteiger partial charge < -0.3 is 5.32 Å². The molecule has 0 saturated carbocycles. The summed E-state index contributed by atoms with van der Waals surface area (Å²) in [6, 6.07) is 0.467. The summed E-state index contributed by atoms with van der Waals surface area (Å²) in [5, 5.41) is 3.46. The van der Waals surface area contributed by atoms with Gasteiger partial charge in [-0.1, -0.05) is 25.2 Å². The average molecular weight is 227 g/mol. The Morgan fingerprint density at radius 3 is 2.62 bits per heavy atom. The Labute approximate surface area is 95.6 Å². The van der Waals surface area contributed by atoms with Crippen molar-refractivity contribution in [3.8, 4) is 0 Å². The molecule has 90 valence electrons. The summed E-state index contributed by atoms with van der Waals surface area (Å²) in [6.45, 7) is 4.23. The third-order valence-corrected chi connectivity index (χ3v) is 3.54. The molecule has 3 heteroatoms. The molecular weight excluding hydrogens is 208 g/mol. The zero-order valence-electron chi connectivity index (χ0n) is 9.84. The normalized spacial score (nSPS) is 35.2. The highest BCUT2D eigenvalue weighted by Crippen LogP contribution is 2.32. The van der Waals surface area contributed by atoms with Crippen LogP contribution in [0.3, 0.4) is 0 Å². The highest BCUT2D eigenvalue weighted by molar-refractivity contribution is 5.30. The Bertz CT molecular complexity index is 314. The van der Waals surface area contributed by atoms with Crippen molar-refractivity contribution in [2.45, 2.75) is 38.7 Å². The zero-order chi connectivity index (χ0) is 11.8. The number of nitrogens with one attached hydrogen (secondary N) is 1. The molecule has 0 radical (unpaired) electrons. The van der Waals surface area contributed by atoms with Gasteiger partial charge in [-0.3, -0.25) is 0 Å². The monoisotopic (exact) mass is 227 g/mol. The minimum Gasteiger partial charge on any atom is -0.313 e. The first kappa shape index (κ1) is 11.8. The molecule has 1 aliphatic carbocycles. The summed E-state index contributed by atoms with van der Waals surface area (Å²) >= 11 is 0. The molecule has 0 bridgehead atoms. The van der Waals surface area contributed by atoms with Crippen LogP contribution in [0.2, 0.25) is 0 Å². The fourth-order valence-electron chi connectivity index (χ4n) is 2.54. The van der Waals surface area contributed by atoms with Gasteiger partial charge in [0.15, 0.2) is 0 Å². The molecule has 0 spiro atoms. The highest BCUT2D eigenvalue weighted by Gasteiger charge is 2.31. The number of hydrogen-bond acceptors (Lipinski definition) is 1. The van der Waals surface area contributed by atoms with Gasteiger partial charge in [-0.25, -0.2) is 8.78 Å². The second-order valence-corrected chi connectivity index (χ2v) is 5.16. The standard InChI is InChI=1S/C13H19F2N/c1-9-7-12(16-8-9)10-3-5-11(6-4-10)13(2,14)15/h3,5-6,9-10,12,16H,4,7-8H2,1-2H3. The van der Waals surface area contributed by atoms with E-state index in [1.807, 2.05) is 6.08 Å². The third-order valence-electron chi connectivity index (χ3n) is 3.54. The number of allylic oxidation sites excluding steroid dienone is 3. The molecular formula is C13H19F2N. The van der Waals surface area contributed by atoms with E-state index in [1.165, 1.54) is 0 Å². The predicted molar refractivity (Wildman–Crippen MR) is 61.5 cm³/mol. The molecule has 0 aromatic rings. The first-order chi connectivity index (χ1) is 7.47. The fourth-order valence-corrected chi connectivity index (χ4v) is 2.54. The van der Waals surface area contributed by atoms with Crippen molar-refractivity contribution >= 4 is 0 Å². The third kappa shape index (κ3) is 2.51. The van der Waals surface area contributed by atoms with Crippen molar-refractivity contribution in [1.82, 2.24) is 5.32 Å². The van der Waals surface area contributed by atoms with E-state index in [-0.39, 0.29) is 5.57 Å². The topological polar surface area (TPSA) is 12.0 Å². The molecule has 1 N–H and O–H groups in total. The Kier molecular flexibility index (Phi) is 3.15. The van der Waals surface area contributed by atoms with E-state index in [0.717, 1.165) is 26.3 Å². The van der Waals surface area contributed by atoms with E-state index in [0.29, 0.717) is 17.9 Å². The Morgan fingerprint density at radius 1 is 1.44 bits per heavy atom. The van der Waals surface area contributed by atoms with Crippen LogP contribution in [0.5, 0.6) is 0 Å². The van der Waals surface area contributed by atoms with E-state index < -0.39 is 5.92 Å². The summed E-state index contributed by atoms with van der Waals surface area (Å²) in [4.78, 5) is 0. The van der Waals surface area contributed by atoms with E-state index in [4.69, 9.17) is 0 Å². The molecule has 1 saturated heterocycles. The van der Waals surface area contributed by atoms with Gasteiger partial charge in [-0.05, 0) is 31.2 Å². The maximum absolute atomic E-state index is 13.0. The van der Waals surface area contributed by atoms with Gasteiger partial charge in [0.2, 0.25) is 0 Å². The van der Waals surface area contributed by atoms with E-state index >= 15 is 0 Å². The number of hydrogen-bond donors (Lipinski definition) is 1. The van der Waals surface area contributed by atoms with Crippen molar-refractivity contribution < 1.29 is 8.78 Å². The van der Waals surface area contributed by atoms with Gasteiger partial charge in [0.25, 0.3) is 5.92 Å². The van der Waals surface area contributed by atoms with Crippen LogP contribution < -0.4 is 5.32 Å². The Balaban J connectivity index is 1.96. The van der Waals surface area contributed by atoms with Crippen molar-refractivity contribution in [2.75, 3.05) is 6.54 Å². The molecule has 1 nitrogen and oxygen atoms in total. The van der Waals surface area contributed by atoms with Gasteiger partial charge in [0.05, 0.1) is 0 Å². The largest absolute Gasteiger partial charge is 0.313 e. The van der Waals surface area contributed by atoms with E-state index in [1.54, 1.807) is 12.2 Å². The van der Waals surface area contributed by atoms with Gasteiger partial charge in [0.1, 0.15) is 0 Å². The van der Waals surface area contributed by atoms with E-state index in [9.17, 15) is 8.78 Å². The average Bonchev–Trinajstić information content (AvgIpc) is 2.64.